The number of likely N-dealkylation sites (tertiary alicyclic amines) is 1. The SMILES string of the molecule is CC(c1ccc(O)cc1O)N1CCC(OCC(=O)O)CC1. The molecule has 6 heteroatoms. The minimum Gasteiger partial charge on any atom is -0.508 e. The summed E-state index contributed by atoms with van der Waals surface area (Å²) in [6.45, 7) is 3.32. The van der Waals surface area contributed by atoms with E-state index in [1.807, 2.05) is 6.92 Å². The largest absolute Gasteiger partial charge is 0.508 e. The Morgan fingerprint density at radius 2 is 2.05 bits per heavy atom. The highest BCUT2D eigenvalue weighted by Crippen LogP contribution is 2.32. The highest BCUT2D eigenvalue weighted by atomic mass is 16.5. The molecule has 6 nitrogen and oxygen atoms in total. The smallest absolute Gasteiger partial charge is 0.329 e. The molecular formula is C15H21NO5. The first-order valence-electron chi connectivity index (χ1n) is 7.06. The van der Waals surface area contributed by atoms with Gasteiger partial charge in [-0.05, 0) is 25.8 Å². The molecule has 0 spiro atoms. The highest BCUT2D eigenvalue weighted by molar-refractivity contribution is 5.68. The van der Waals surface area contributed by atoms with Crippen molar-refractivity contribution in [2.75, 3.05) is 19.7 Å². The molecule has 1 aliphatic heterocycles. The molecule has 0 amide bonds. The summed E-state index contributed by atoms with van der Waals surface area (Å²) in [7, 11) is 0. The monoisotopic (exact) mass is 295 g/mol. The first-order valence-corrected chi connectivity index (χ1v) is 7.06. The van der Waals surface area contributed by atoms with Crippen LogP contribution in [0.1, 0.15) is 31.4 Å². The molecule has 0 radical (unpaired) electrons. The number of rotatable bonds is 5. The lowest BCUT2D eigenvalue weighted by Gasteiger charge is -2.36. The van der Waals surface area contributed by atoms with Gasteiger partial charge in [0.2, 0.25) is 0 Å². The van der Waals surface area contributed by atoms with Gasteiger partial charge in [0, 0.05) is 30.8 Å². The Labute approximate surface area is 123 Å². The Hall–Kier alpha value is -1.79. The van der Waals surface area contributed by atoms with Crippen molar-refractivity contribution in [1.29, 1.82) is 0 Å². The van der Waals surface area contributed by atoms with Gasteiger partial charge in [-0.1, -0.05) is 6.07 Å². The highest BCUT2D eigenvalue weighted by Gasteiger charge is 2.25. The number of hydrogen-bond acceptors (Lipinski definition) is 5. The van der Waals surface area contributed by atoms with Gasteiger partial charge >= 0.3 is 5.97 Å². The van der Waals surface area contributed by atoms with Crippen molar-refractivity contribution >= 4 is 5.97 Å². The van der Waals surface area contributed by atoms with E-state index in [4.69, 9.17) is 9.84 Å². The van der Waals surface area contributed by atoms with Gasteiger partial charge in [-0.2, -0.15) is 0 Å². The van der Waals surface area contributed by atoms with Crippen LogP contribution in [-0.4, -0.2) is 52.0 Å². The average molecular weight is 295 g/mol. The quantitative estimate of drug-likeness (QED) is 0.766. The van der Waals surface area contributed by atoms with Gasteiger partial charge in [0.25, 0.3) is 0 Å². The van der Waals surface area contributed by atoms with Crippen molar-refractivity contribution in [2.24, 2.45) is 0 Å². The van der Waals surface area contributed by atoms with Crippen LogP contribution in [0.5, 0.6) is 11.5 Å². The number of carboxylic acids is 1. The zero-order valence-corrected chi connectivity index (χ0v) is 12.0. The van der Waals surface area contributed by atoms with Crippen LogP contribution in [0.15, 0.2) is 18.2 Å². The zero-order chi connectivity index (χ0) is 15.4. The molecule has 1 aromatic rings. The summed E-state index contributed by atoms with van der Waals surface area (Å²) >= 11 is 0. The molecule has 1 atom stereocenters. The Bertz CT molecular complexity index is 497. The normalized spacial score (nSPS) is 18.5. The third kappa shape index (κ3) is 4.09. The van der Waals surface area contributed by atoms with E-state index in [2.05, 4.69) is 4.90 Å². The third-order valence-corrected chi connectivity index (χ3v) is 3.93. The van der Waals surface area contributed by atoms with Crippen molar-refractivity contribution in [3.8, 4) is 11.5 Å². The molecule has 1 unspecified atom stereocenters. The topological polar surface area (TPSA) is 90.2 Å². The minimum absolute atomic E-state index is 0.0158. The van der Waals surface area contributed by atoms with E-state index < -0.39 is 5.97 Å². The molecular weight excluding hydrogens is 274 g/mol. The van der Waals surface area contributed by atoms with Gasteiger partial charge in [-0.15, -0.1) is 0 Å². The molecule has 0 saturated carbocycles. The number of benzene rings is 1. The summed E-state index contributed by atoms with van der Waals surface area (Å²) in [4.78, 5) is 12.7. The van der Waals surface area contributed by atoms with Gasteiger partial charge in [0.05, 0.1) is 6.10 Å². The van der Waals surface area contributed by atoms with Crippen LogP contribution in [0.3, 0.4) is 0 Å². The zero-order valence-electron chi connectivity index (χ0n) is 12.0. The lowest BCUT2D eigenvalue weighted by atomic mass is 10.0. The summed E-state index contributed by atoms with van der Waals surface area (Å²) in [6.07, 6.45) is 1.53. The summed E-state index contributed by atoms with van der Waals surface area (Å²) < 4.78 is 5.31. The molecule has 2 rings (SSSR count). The Morgan fingerprint density at radius 3 is 2.62 bits per heavy atom. The van der Waals surface area contributed by atoms with Crippen LogP contribution in [0, 0.1) is 0 Å². The van der Waals surface area contributed by atoms with Crippen LogP contribution < -0.4 is 0 Å². The molecule has 1 heterocycles. The van der Waals surface area contributed by atoms with Crippen LogP contribution in [-0.2, 0) is 9.53 Å². The molecule has 1 aliphatic rings. The summed E-state index contributed by atoms with van der Waals surface area (Å²) in [5.41, 5.74) is 0.776. The number of aromatic hydroxyl groups is 2. The van der Waals surface area contributed by atoms with Crippen molar-refractivity contribution in [1.82, 2.24) is 4.90 Å². The lowest BCUT2D eigenvalue weighted by Crippen LogP contribution is -2.39. The number of phenols is 2. The number of phenolic OH excluding ortho intramolecular Hbond substituents is 2. The number of ether oxygens (including phenoxy) is 1. The first-order chi connectivity index (χ1) is 9.97. The van der Waals surface area contributed by atoms with Gasteiger partial charge in [-0.25, -0.2) is 4.79 Å². The summed E-state index contributed by atoms with van der Waals surface area (Å²) in [5, 5.41) is 27.8. The second-order valence-corrected chi connectivity index (χ2v) is 5.36. The second-order valence-electron chi connectivity index (χ2n) is 5.36. The van der Waals surface area contributed by atoms with Gasteiger partial charge in [-0.3, -0.25) is 4.90 Å². The molecule has 3 N–H and O–H groups in total. The fraction of sp³-hybridized carbons (Fsp3) is 0.533. The number of aliphatic carboxylic acids is 1. The standard InChI is InChI=1S/C15H21NO5/c1-10(13-3-2-11(17)8-14(13)18)16-6-4-12(5-7-16)21-9-15(19)20/h2-3,8,10,12,17-18H,4-7,9H2,1H3,(H,19,20). The number of hydrogen-bond donors (Lipinski definition) is 3. The van der Waals surface area contributed by atoms with Crippen LogP contribution in [0.2, 0.25) is 0 Å². The fourth-order valence-electron chi connectivity index (χ4n) is 2.70. The van der Waals surface area contributed by atoms with E-state index >= 15 is 0 Å². The van der Waals surface area contributed by atoms with Gasteiger partial charge < -0.3 is 20.1 Å². The second kappa shape index (κ2) is 6.78. The van der Waals surface area contributed by atoms with Crippen molar-refractivity contribution < 1.29 is 24.9 Å². The Balaban J connectivity index is 1.90. The molecule has 21 heavy (non-hydrogen) atoms. The van der Waals surface area contributed by atoms with E-state index in [-0.39, 0.29) is 30.3 Å². The maximum atomic E-state index is 10.5. The van der Waals surface area contributed by atoms with E-state index in [0.29, 0.717) is 0 Å². The average Bonchev–Trinajstić information content (AvgIpc) is 2.45. The third-order valence-electron chi connectivity index (χ3n) is 3.93. The summed E-state index contributed by atoms with van der Waals surface area (Å²) in [5.74, 6) is -0.809. The molecule has 1 saturated heterocycles. The Kier molecular flexibility index (Phi) is 5.03. The van der Waals surface area contributed by atoms with Gasteiger partial charge in [0.15, 0.2) is 0 Å². The predicted molar refractivity (Wildman–Crippen MR) is 76.4 cm³/mol. The van der Waals surface area contributed by atoms with E-state index in [1.165, 1.54) is 6.07 Å². The molecule has 1 fully saturated rings. The van der Waals surface area contributed by atoms with Crippen LogP contribution in [0.25, 0.3) is 0 Å². The van der Waals surface area contributed by atoms with Crippen molar-refractivity contribution in [2.45, 2.75) is 31.9 Å². The Morgan fingerprint density at radius 1 is 1.38 bits per heavy atom. The van der Waals surface area contributed by atoms with Gasteiger partial charge in [0.1, 0.15) is 18.1 Å². The molecule has 116 valence electrons. The first kappa shape index (κ1) is 15.6. The number of piperidine rings is 1. The molecule has 1 aromatic carbocycles. The maximum Gasteiger partial charge on any atom is 0.329 e. The molecule has 0 aromatic heterocycles. The number of carbonyl (C=O) groups is 1. The predicted octanol–water partition coefficient (Wildman–Crippen LogP) is 1.72. The molecule has 0 bridgehead atoms. The van der Waals surface area contributed by atoms with E-state index in [9.17, 15) is 15.0 Å². The van der Waals surface area contributed by atoms with E-state index in [0.717, 1.165) is 31.5 Å². The fourth-order valence-corrected chi connectivity index (χ4v) is 2.70. The van der Waals surface area contributed by atoms with Crippen LogP contribution >= 0.6 is 0 Å². The van der Waals surface area contributed by atoms with Crippen molar-refractivity contribution in [3.05, 3.63) is 23.8 Å². The number of carboxylic acid groups (broad SMARTS) is 1. The lowest BCUT2D eigenvalue weighted by molar-refractivity contribution is -0.145. The number of nitrogens with zero attached hydrogens (tertiary/aromatic N) is 1. The summed E-state index contributed by atoms with van der Waals surface area (Å²) in [6, 6.07) is 4.66. The van der Waals surface area contributed by atoms with E-state index in [1.54, 1.807) is 12.1 Å². The molecule has 0 aliphatic carbocycles. The minimum atomic E-state index is -0.945. The van der Waals surface area contributed by atoms with Crippen molar-refractivity contribution in [3.63, 3.8) is 0 Å². The van der Waals surface area contributed by atoms with Crippen LogP contribution in [0.4, 0.5) is 0 Å². The maximum absolute atomic E-state index is 10.5.